The van der Waals surface area contributed by atoms with E-state index in [0.29, 0.717) is 0 Å². The highest BCUT2D eigenvalue weighted by molar-refractivity contribution is 7.98. The molecule has 2 aliphatic rings. The van der Waals surface area contributed by atoms with Gasteiger partial charge in [-0.05, 0) is 70.0 Å². The zero-order chi connectivity index (χ0) is 15.6. The fourth-order valence-electron chi connectivity index (χ4n) is 3.47. The molecule has 0 aromatic carbocycles. The molecular formula is C17H34N4S. The minimum atomic E-state index is 0.832. The van der Waals surface area contributed by atoms with Gasteiger partial charge in [0.1, 0.15) is 0 Å². The first-order valence-electron chi connectivity index (χ1n) is 9.08. The highest BCUT2D eigenvalue weighted by Crippen LogP contribution is 2.20. The molecule has 2 aliphatic heterocycles. The molecule has 2 saturated heterocycles. The average molecular weight is 327 g/mol. The lowest BCUT2D eigenvalue weighted by atomic mass is 10.1. The number of likely N-dealkylation sites (tertiary alicyclic amines) is 2. The molecule has 128 valence electrons. The van der Waals surface area contributed by atoms with Gasteiger partial charge in [-0.25, -0.2) is 0 Å². The Balaban J connectivity index is 1.74. The number of guanidine groups is 1. The number of thioether (sulfide) groups is 1. The second-order valence-electron chi connectivity index (χ2n) is 6.54. The number of hydrogen-bond acceptors (Lipinski definition) is 3. The quantitative estimate of drug-likeness (QED) is 0.422. The maximum atomic E-state index is 4.84. The summed E-state index contributed by atoms with van der Waals surface area (Å²) >= 11 is 1.93. The first kappa shape index (κ1) is 17.9. The Bertz CT molecular complexity index is 329. The zero-order valence-electron chi connectivity index (χ0n) is 14.5. The predicted molar refractivity (Wildman–Crippen MR) is 98.9 cm³/mol. The lowest BCUT2D eigenvalue weighted by molar-refractivity contribution is 0.281. The van der Waals surface area contributed by atoms with Crippen molar-refractivity contribution in [1.29, 1.82) is 0 Å². The largest absolute Gasteiger partial charge is 0.357 e. The smallest absolute Gasteiger partial charge is 0.193 e. The number of rotatable bonds is 8. The fourth-order valence-corrected chi connectivity index (χ4v) is 3.97. The molecule has 5 heteroatoms. The van der Waals surface area contributed by atoms with Gasteiger partial charge in [-0.3, -0.25) is 4.99 Å². The van der Waals surface area contributed by atoms with Crippen LogP contribution in [0.15, 0.2) is 4.99 Å². The molecule has 0 aromatic rings. The van der Waals surface area contributed by atoms with Gasteiger partial charge in [0.25, 0.3) is 0 Å². The SMILES string of the molecule is CCNC(=NCCCCSC)N1CCC(CN2CCCC2)C1. The summed E-state index contributed by atoms with van der Waals surface area (Å²) in [5.74, 6) is 3.24. The van der Waals surface area contributed by atoms with Crippen molar-refractivity contribution in [2.24, 2.45) is 10.9 Å². The normalized spacial score (nSPS) is 23.5. The van der Waals surface area contributed by atoms with Crippen LogP contribution in [0.3, 0.4) is 0 Å². The average Bonchev–Trinajstić information content (AvgIpc) is 3.18. The molecule has 0 amide bonds. The maximum absolute atomic E-state index is 4.84. The number of hydrogen-bond donors (Lipinski definition) is 1. The second kappa shape index (κ2) is 10.4. The standard InChI is InChI=1S/C17H34N4S/c1-3-18-17(19-9-4-7-13-22-2)21-12-8-16(15-21)14-20-10-5-6-11-20/h16H,3-15H2,1-2H3,(H,18,19). The molecule has 0 aliphatic carbocycles. The van der Waals surface area contributed by atoms with Crippen molar-refractivity contribution in [3.63, 3.8) is 0 Å². The van der Waals surface area contributed by atoms with Crippen LogP contribution in [0.1, 0.15) is 39.0 Å². The topological polar surface area (TPSA) is 30.9 Å². The Morgan fingerprint density at radius 2 is 2.05 bits per heavy atom. The van der Waals surface area contributed by atoms with Gasteiger partial charge in [0, 0.05) is 32.7 Å². The summed E-state index contributed by atoms with van der Waals surface area (Å²) in [5, 5.41) is 3.49. The minimum absolute atomic E-state index is 0.832. The van der Waals surface area contributed by atoms with Gasteiger partial charge in [-0.15, -0.1) is 0 Å². The molecule has 1 unspecified atom stereocenters. The molecule has 22 heavy (non-hydrogen) atoms. The Labute approximate surface area is 141 Å². The van der Waals surface area contributed by atoms with Crippen molar-refractivity contribution in [2.75, 3.05) is 57.8 Å². The van der Waals surface area contributed by atoms with Crippen LogP contribution in [0.5, 0.6) is 0 Å². The van der Waals surface area contributed by atoms with Crippen molar-refractivity contribution in [3.8, 4) is 0 Å². The molecule has 2 fully saturated rings. The van der Waals surface area contributed by atoms with E-state index in [1.165, 1.54) is 70.6 Å². The molecule has 0 saturated carbocycles. The van der Waals surface area contributed by atoms with Gasteiger partial charge in [0.05, 0.1) is 0 Å². The van der Waals surface area contributed by atoms with E-state index < -0.39 is 0 Å². The highest BCUT2D eigenvalue weighted by atomic mass is 32.2. The number of aliphatic imine (C=N–C) groups is 1. The lowest BCUT2D eigenvalue weighted by Crippen LogP contribution is -2.40. The Kier molecular flexibility index (Phi) is 8.45. The van der Waals surface area contributed by atoms with Gasteiger partial charge < -0.3 is 15.1 Å². The highest BCUT2D eigenvalue weighted by Gasteiger charge is 2.27. The molecule has 1 atom stereocenters. The van der Waals surface area contributed by atoms with Crippen molar-refractivity contribution in [1.82, 2.24) is 15.1 Å². The van der Waals surface area contributed by atoms with Crippen LogP contribution in [0, 0.1) is 5.92 Å². The van der Waals surface area contributed by atoms with Crippen LogP contribution >= 0.6 is 11.8 Å². The van der Waals surface area contributed by atoms with Crippen molar-refractivity contribution >= 4 is 17.7 Å². The summed E-state index contributed by atoms with van der Waals surface area (Å²) in [5.41, 5.74) is 0. The van der Waals surface area contributed by atoms with E-state index in [4.69, 9.17) is 4.99 Å². The van der Waals surface area contributed by atoms with E-state index in [1.807, 2.05) is 11.8 Å². The van der Waals surface area contributed by atoms with Gasteiger partial charge in [-0.2, -0.15) is 11.8 Å². The third kappa shape index (κ3) is 5.99. The first-order chi connectivity index (χ1) is 10.8. The Hall–Kier alpha value is -0.420. The Morgan fingerprint density at radius 1 is 1.23 bits per heavy atom. The van der Waals surface area contributed by atoms with Crippen molar-refractivity contribution < 1.29 is 0 Å². The van der Waals surface area contributed by atoms with E-state index in [-0.39, 0.29) is 0 Å². The van der Waals surface area contributed by atoms with Crippen molar-refractivity contribution in [3.05, 3.63) is 0 Å². The van der Waals surface area contributed by atoms with E-state index >= 15 is 0 Å². The van der Waals surface area contributed by atoms with Crippen LogP contribution in [0.4, 0.5) is 0 Å². The van der Waals surface area contributed by atoms with Crippen molar-refractivity contribution in [2.45, 2.75) is 39.0 Å². The van der Waals surface area contributed by atoms with E-state index in [1.54, 1.807) is 0 Å². The molecular weight excluding hydrogens is 292 g/mol. The van der Waals surface area contributed by atoms with Crippen LogP contribution in [0.2, 0.25) is 0 Å². The van der Waals surface area contributed by atoms with Gasteiger partial charge in [0.2, 0.25) is 0 Å². The Morgan fingerprint density at radius 3 is 2.77 bits per heavy atom. The number of unbranched alkanes of at least 4 members (excludes halogenated alkanes) is 1. The summed E-state index contributed by atoms with van der Waals surface area (Å²) in [4.78, 5) is 9.98. The molecule has 4 nitrogen and oxygen atoms in total. The maximum Gasteiger partial charge on any atom is 0.193 e. The summed E-state index contributed by atoms with van der Waals surface area (Å²) in [7, 11) is 0. The third-order valence-electron chi connectivity index (χ3n) is 4.65. The molecule has 1 N–H and O–H groups in total. The monoisotopic (exact) mass is 326 g/mol. The molecule has 2 heterocycles. The first-order valence-corrected chi connectivity index (χ1v) is 10.5. The summed E-state index contributed by atoms with van der Waals surface area (Å²) < 4.78 is 0. The summed E-state index contributed by atoms with van der Waals surface area (Å²) in [6.45, 7) is 10.4. The minimum Gasteiger partial charge on any atom is -0.357 e. The van der Waals surface area contributed by atoms with Gasteiger partial charge >= 0.3 is 0 Å². The third-order valence-corrected chi connectivity index (χ3v) is 5.35. The van der Waals surface area contributed by atoms with Gasteiger partial charge in [-0.1, -0.05) is 0 Å². The van der Waals surface area contributed by atoms with E-state index in [2.05, 4.69) is 28.3 Å². The second-order valence-corrected chi connectivity index (χ2v) is 7.53. The van der Waals surface area contributed by atoms with Crippen LogP contribution in [-0.4, -0.2) is 73.6 Å². The van der Waals surface area contributed by atoms with E-state index in [0.717, 1.165) is 25.0 Å². The lowest BCUT2D eigenvalue weighted by Gasteiger charge is -2.23. The molecule has 2 rings (SSSR count). The van der Waals surface area contributed by atoms with Gasteiger partial charge in [0.15, 0.2) is 5.96 Å². The summed E-state index contributed by atoms with van der Waals surface area (Å²) in [6, 6.07) is 0. The number of nitrogens with zero attached hydrogens (tertiary/aromatic N) is 3. The summed E-state index contributed by atoms with van der Waals surface area (Å²) in [6.07, 6.45) is 8.79. The fraction of sp³-hybridized carbons (Fsp3) is 0.941. The molecule has 0 aromatic heterocycles. The number of nitrogens with one attached hydrogen (secondary N) is 1. The predicted octanol–water partition coefficient (Wildman–Crippen LogP) is 2.51. The van der Waals surface area contributed by atoms with Crippen LogP contribution in [0.25, 0.3) is 0 Å². The van der Waals surface area contributed by atoms with E-state index in [9.17, 15) is 0 Å². The van der Waals surface area contributed by atoms with Crippen LogP contribution < -0.4 is 5.32 Å². The molecule has 0 radical (unpaired) electrons. The molecule has 0 bridgehead atoms. The molecule has 0 spiro atoms. The van der Waals surface area contributed by atoms with Crippen LogP contribution in [-0.2, 0) is 0 Å². The zero-order valence-corrected chi connectivity index (χ0v) is 15.3.